The van der Waals surface area contributed by atoms with Crippen molar-refractivity contribution in [1.29, 1.82) is 0 Å². The molecule has 0 bridgehead atoms. The fourth-order valence-corrected chi connectivity index (χ4v) is 7.33. The molecule has 28 heavy (non-hydrogen) atoms. The molecule has 3 heteroatoms. The Morgan fingerprint density at radius 2 is 1.89 bits per heavy atom. The summed E-state index contributed by atoms with van der Waals surface area (Å²) in [5, 5.41) is 0. The van der Waals surface area contributed by atoms with Crippen LogP contribution in [0.25, 0.3) is 0 Å². The molecule has 4 aliphatic carbocycles. The van der Waals surface area contributed by atoms with Crippen LogP contribution in [0.15, 0.2) is 11.6 Å². The summed E-state index contributed by atoms with van der Waals surface area (Å²) in [6, 6.07) is 0. The second-order valence-electron chi connectivity index (χ2n) is 11.0. The number of esters is 1. The van der Waals surface area contributed by atoms with Crippen LogP contribution in [0.1, 0.15) is 91.9 Å². The minimum absolute atomic E-state index is 0.00863. The van der Waals surface area contributed by atoms with E-state index in [-0.39, 0.29) is 22.9 Å². The highest BCUT2D eigenvalue weighted by Crippen LogP contribution is 2.65. The summed E-state index contributed by atoms with van der Waals surface area (Å²) in [5.74, 6) is 2.99. The summed E-state index contributed by atoms with van der Waals surface area (Å²) in [4.78, 5) is 24.4. The Morgan fingerprint density at radius 1 is 1.11 bits per heavy atom. The lowest BCUT2D eigenvalue weighted by Crippen LogP contribution is -2.51. The van der Waals surface area contributed by atoms with E-state index in [9.17, 15) is 9.59 Å². The highest BCUT2D eigenvalue weighted by atomic mass is 16.5. The molecule has 3 fully saturated rings. The third kappa shape index (κ3) is 3.27. The van der Waals surface area contributed by atoms with E-state index in [0.717, 1.165) is 44.4 Å². The number of fused-ring (bicyclic) bond motifs is 5. The molecule has 0 amide bonds. The second-order valence-corrected chi connectivity index (χ2v) is 11.0. The van der Waals surface area contributed by atoms with Crippen molar-refractivity contribution in [3.63, 3.8) is 0 Å². The van der Waals surface area contributed by atoms with Gasteiger partial charge in [0, 0.05) is 18.3 Å². The lowest BCUT2D eigenvalue weighted by Gasteiger charge is -2.57. The van der Waals surface area contributed by atoms with E-state index in [2.05, 4.69) is 27.7 Å². The molecular formula is C25H38O3. The highest BCUT2D eigenvalue weighted by molar-refractivity contribution is 5.91. The van der Waals surface area contributed by atoms with Gasteiger partial charge in [-0.15, -0.1) is 0 Å². The SMILES string of the molecule is CC(C)CCC(=O)O[C@H]1CC[C@@H]2[C@H]3CCC4=CC(=O)CC[C@]4(C)[C@H]3CC[C@]12C. The molecule has 0 heterocycles. The molecule has 0 radical (unpaired) electrons. The maximum atomic E-state index is 12.4. The molecule has 0 spiro atoms. The van der Waals surface area contributed by atoms with Gasteiger partial charge in [-0.3, -0.25) is 9.59 Å². The quantitative estimate of drug-likeness (QED) is 0.568. The van der Waals surface area contributed by atoms with Gasteiger partial charge >= 0.3 is 5.97 Å². The van der Waals surface area contributed by atoms with Gasteiger partial charge in [0.1, 0.15) is 6.10 Å². The van der Waals surface area contributed by atoms with Gasteiger partial charge < -0.3 is 4.74 Å². The molecule has 4 aliphatic rings. The minimum atomic E-state index is 0.00863. The van der Waals surface area contributed by atoms with Gasteiger partial charge in [-0.05, 0) is 86.5 Å². The molecule has 0 aromatic carbocycles. The molecule has 0 unspecified atom stereocenters. The van der Waals surface area contributed by atoms with E-state index >= 15 is 0 Å². The van der Waals surface area contributed by atoms with Crippen LogP contribution in [0, 0.1) is 34.5 Å². The van der Waals surface area contributed by atoms with Gasteiger partial charge in [0.2, 0.25) is 0 Å². The topological polar surface area (TPSA) is 43.4 Å². The molecule has 156 valence electrons. The number of carbonyl (C=O) groups excluding carboxylic acids is 2. The predicted molar refractivity (Wildman–Crippen MR) is 111 cm³/mol. The molecule has 0 aromatic rings. The third-order valence-electron chi connectivity index (χ3n) is 9.07. The van der Waals surface area contributed by atoms with Gasteiger partial charge in [0.25, 0.3) is 0 Å². The molecule has 3 saturated carbocycles. The van der Waals surface area contributed by atoms with E-state index < -0.39 is 0 Å². The summed E-state index contributed by atoms with van der Waals surface area (Å²) in [7, 11) is 0. The van der Waals surface area contributed by atoms with Crippen LogP contribution in [0.5, 0.6) is 0 Å². The zero-order valence-corrected chi connectivity index (χ0v) is 18.3. The first-order chi connectivity index (χ1) is 13.2. The fourth-order valence-electron chi connectivity index (χ4n) is 7.33. The summed E-state index contributed by atoms with van der Waals surface area (Å²) < 4.78 is 6.06. The highest BCUT2D eigenvalue weighted by Gasteiger charge is 2.59. The number of carbonyl (C=O) groups is 2. The first kappa shape index (κ1) is 20.2. The van der Waals surface area contributed by atoms with Gasteiger partial charge in [0.15, 0.2) is 5.78 Å². The van der Waals surface area contributed by atoms with Crippen LogP contribution >= 0.6 is 0 Å². The van der Waals surface area contributed by atoms with Crippen LogP contribution in [0.3, 0.4) is 0 Å². The van der Waals surface area contributed by atoms with Crippen molar-refractivity contribution in [3.8, 4) is 0 Å². The van der Waals surface area contributed by atoms with Crippen molar-refractivity contribution < 1.29 is 14.3 Å². The molecule has 0 saturated heterocycles. The summed E-state index contributed by atoms with van der Waals surface area (Å²) >= 11 is 0. The Labute approximate surface area is 170 Å². The summed E-state index contributed by atoms with van der Waals surface area (Å²) in [6.45, 7) is 9.15. The standard InChI is InChI=1S/C25H38O3/c1-16(2)5-10-23(27)28-22-9-8-20-19-7-6-17-15-18(26)11-13-24(17,3)21(19)12-14-25(20,22)4/h15-16,19-22H,5-14H2,1-4H3/t19-,20-,21+,22+,24+,25+/m1/s1. The first-order valence-corrected chi connectivity index (χ1v) is 11.7. The normalized spacial score (nSPS) is 42.5. The van der Waals surface area contributed by atoms with Crippen LogP contribution in [0.2, 0.25) is 0 Å². The van der Waals surface area contributed by atoms with Gasteiger partial charge in [-0.1, -0.05) is 33.3 Å². The Hall–Kier alpha value is -1.12. The summed E-state index contributed by atoms with van der Waals surface area (Å²) in [6.07, 6.45) is 12.3. The lowest BCUT2D eigenvalue weighted by molar-refractivity contribution is -0.160. The van der Waals surface area contributed by atoms with Gasteiger partial charge in [0.05, 0.1) is 0 Å². The number of ketones is 1. The molecule has 4 rings (SSSR count). The Bertz CT molecular complexity index is 677. The van der Waals surface area contributed by atoms with E-state index in [0.29, 0.717) is 30.0 Å². The number of rotatable bonds is 4. The zero-order valence-electron chi connectivity index (χ0n) is 18.3. The Balaban J connectivity index is 1.49. The van der Waals surface area contributed by atoms with E-state index in [1.54, 1.807) is 0 Å². The summed E-state index contributed by atoms with van der Waals surface area (Å²) in [5.41, 5.74) is 1.81. The number of hydrogen-bond acceptors (Lipinski definition) is 3. The van der Waals surface area contributed by atoms with Crippen molar-refractivity contribution in [1.82, 2.24) is 0 Å². The van der Waals surface area contributed by atoms with E-state index in [4.69, 9.17) is 4.74 Å². The van der Waals surface area contributed by atoms with Gasteiger partial charge in [-0.2, -0.15) is 0 Å². The van der Waals surface area contributed by atoms with Crippen LogP contribution < -0.4 is 0 Å². The maximum Gasteiger partial charge on any atom is 0.306 e. The molecule has 0 aliphatic heterocycles. The van der Waals surface area contributed by atoms with Crippen molar-refractivity contribution >= 4 is 11.8 Å². The van der Waals surface area contributed by atoms with E-state index in [1.165, 1.54) is 24.8 Å². The number of hydrogen-bond donors (Lipinski definition) is 0. The lowest BCUT2D eigenvalue weighted by atomic mass is 9.47. The van der Waals surface area contributed by atoms with E-state index in [1.807, 2.05) is 6.08 Å². The molecule has 6 atom stereocenters. The molecule has 0 N–H and O–H groups in total. The van der Waals surface area contributed by atoms with Crippen molar-refractivity contribution in [3.05, 3.63) is 11.6 Å². The average molecular weight is 387 g/mol. The van der Waals surface area contributed by atoms with Crippen LogP contribution in [-0.4, -0.2) is 17.9 Å². The Morgan fingerprint density at radius 3 is 2.64 bits per heavy atom. The minimum Gasteiger partial charge on any atom is -0.462 e. The number of ether oxygens (including phenoxy) is 1. The predicted octanol–water partition coefficient (Wildman–Crippen LogP) is 5.87. The fraction of sp³-hybridized carbons (Fsp3) is 0.840. The van der Waals surface area contributed by atoms with Crippen molar-refractivity contribution in [2.45, 2.75) is 98.0 Å². The maximum absolute atomic E-state index is 12.4. The molecular weight excluding hydrogens is 348 g/mol. The van der Waals surface area contributed by atoms with Crippen molar-refractivity contribution in [2.75, 3.05) is 0 Å². The largest absolute Gasteiger partial charge is 0.462 e. The Kier molecular flexibility index (Phi) is 5.25. The number of allylic oxidation sites excluding steroid dienone is 1. The first-order valence-electron chi connectivity index (χ1n) is 11.7. The zero-order chi connectivity index (χ0) is 20.1. The average Bonchev–Trinajstić information content (AvgIpc) is 2.97. The second kappa shape index (κ2) is 7.29. The van der Waals surface area contributed by atoms with Gasteiger partial charge in [-0.25, -0.2) is 0 Å². The van der Waals surface area contributed by atoms with Crippen molar-refractivity contribution in [2.24, 2.45) is 34.5 Å². The monoisotopic (exact) mass is 386 g/mol. The third-order valence-corrected chi connectivity index (χ3v) is 9.07. The van der Waals surface area contributed by atoms with Crippen LogP contribution in [-0.2, 0) is 14.3 Å². The molecule has 0 aromatic heterocycles. The van der Waals surface area contributed by atoms with Crippen LogP contribution in [0.4, 0.5) is 0 Å². The smallest absolute Gasteiger partial charge is 0.306 e. The molecule has 3 nitrogen and oxygen atoms in total.